The van der Waals surface area contributed by atoms with E-state index < -0.39 is 0 Å². The standard InChI is InChI=1S/C19H12BrNO2/c20-14-7-5-13(6-8-14)17-11-9-15(22-17)10-12-19-21-16-3-1-2-4-18(16)23-19/h1-12H. The molecule has 112 valence electrons. The number of aromatic nitrogens is 1. The van der Waals surface area contributed by atoms with Crippen molar-refractivity contribution in [2.24, 2.45) is 0 Å². The molecule has 4 heteroatoms. The van der Waals surface area contributed by atoms with Gasteiger partial charge in [-0.25, -0.2) is 4.98 Å². The minimum Gasteiger partial charge on any atom is -0.457 e. The molecule has 0 aliphatic rings. The molecule has 2 heterocycles. The van der Waals surface area contributed by atoms with Crippen LogP contribution in [0.15, 0.2) is 74.0 Å². The highest BCUT2D eigenvalue weighted by molar-refractivity contribution is 9.10. The molecule has 4 aromatic rings. The van der Waals surface area contributed by atoms with E-state index in [-0.39, 0.29) is 0 Å². The Morgan fingerprint density at radius 1 is 0.826 bits per heavy atom. The van der Waals surface area contributed by atoms with Gasteiger partial charge < -0.3 is 8.83 Å². The van der Waals surface area contributed by atoms with Gasteiger partial charge in [0.25, 0.3) is 0 Å². The summed E-state index contributed by atoms with van der Waals surface area (Å²) in [5.74, 6) is 2.15. The van der Waals surface area contributed by atoms with Crippen LogP contribution in [0.5, 0.6) is 0 Å². The van der Waals surface area contributed by atoms with Gasteiger partial charge in [0, 0.05) is 16.1 Å². The van der Waals surface area contributed by atoms with Gasteiger partial charge in [-0.3, -0.25) is 0 Å². The van der Waals surface area contributed by atoms with Crippen molar-refractivity contribution in [3.05, 3.63) is 76.8 Å². The normalized spacial score (nSPS) is 11.5. The van der Waals surface area contributed by atoms with E-state index in [2.05, 4.69) is 20.9 Å². The van der Waals surface area contributed by atoms with Crippen LogP contribution in [0.2, 0.25) is 0 Å². The Kier molecular flexibility index (Phi) is 3.60. The van der Waals surface area contributed by atoms with E-state index in [4.69, 9.17) is 8.83 Å². The monoisotopic (exact) mass is 365 g/mol. The average Bonchev–Trinajstić information content (AvgIpc) is 3.20. The molecule has 0 spiro atoms. The van der Waals surface area contributed by atoms with Crippen LogP contribution in [-0.4, -0.2) is 4.98 Å². The van der Waals surface area contributed by atoms with Crippen LogP contribution >= 0.6 is 15.9 Å². The zero-order valence-electron chi connectivity index (χ0n) is 12.1. The van der Waals surface area contributed by atoms with E-state index in [0.717, 1.165) is 32.7 Å². The van der Waals surface area contributed by atoms with Gasteiger partial charge >= 0.3 is 0 Å². The van der Waals surface area contributed by atoms with E-state index in [9.17, 15) is 0 Å². The Morgan fingerprint density at radius 2 is 1.65 bits per heavy atom. The lowest BCUT2D eigenvalue weighted by Crippen LogP contribution is -1.72. The van der Waals surface area contributed by atoms with Crippen LogP contribution in [0, 0.1) is 0 Å². The third-order valence-corrected chi connectivity index (χ3v) is 3.98. The topological polar surface area (TPSA) is 39.2 Å². The summed E-state index contributed by atoms with van der Waals surface area (Å²) in [5, 5.41) is 0. The number of fused-ring (bicyclic) bond motifs is 1. The average molecular weight is 366 g/mol. The predicted molar refractivity (Wildman–Crippen MR) is 94.8 cm³/mol. The fourth-order valence-corrected chi connectivity index (χ4v) is 2.59. The smallest absolute Gasteiger partial charge is 0.220 e. The van der Waals surface area contributed by atoms with Crippen molar-refractivity contribution in [3.63, 3.8) is 0 Å². The van der Waals surface area contributed by atoms with E-state index in [1.807, 2.05) is 72.8 Å². The summed E-state index contributed by atoms with van der Waals surface area (Å²) in [6, 6.07) is 19.6. The second-order valence-corrected chi connectivity index (χ2v) is 5.98. The zero-order valence-corrected chi connectivity index (χ0v) is 13.7. The van der Waals surface area contributed by atoms with E-state index in [1.165, 1.54) is 0 Å². The highest BCUT2D eigenvalue weighted by Crippen LogP contribution is 2.25. The lowest BCUT2D eigenvalue weighted by molar-refractivity contribution is 0.570. The summed E-state index contributed by atoms with van der Waals surface area (Å²) in [6.45, 7) is 0. The molecule has 0 saturated carbocycles. The molecule has 0 unspecified atom stereocenters. The Hall–Kier alpha value is -2.59. The first-order chi connectivity index (χ1) is 11.3. The molecule has 2 aromatic carbocycles. The van der Waals surface area contributed by atoms with Crippen LogP contribution in [0.25, 0.3) is 34.6 Å². The summed E-state index contributed by atoms with van der Waals surface area (Å²) < 4.78 is 12.5. The van der Waals surface area contributed by atoms with Gasteiger partial charge in [0.05, 0.1) is 0 Å². The minimum atomic E-state index is 0.563. The number of benzene rings is 2. The van der Waals surface area contributed by atoms with Gasteiger partial charge in [-0.1, -0.05) is 40.2 Å². The minimum absolute atomic E-state index is 0.563. The molecule has 0 aliphatic carbocycles. The second-order valence-electron chi connectivity index (χ2n) is 5.06. The van der Waals surface area contributed by atoms with E-state index >= 15 is 0 Å². The molecule has 0 atom stereocenters. The molecule has 0 amide bonds. The van der Waals surface area contributed by atoms with Crippen LogP contribution < -0.4 is 0 Å². The van der Waals surface area contributed by atoms with Crippen molar-refractivity contribution in [1.82, 2.24) is 4.98 Å². The lowest BCUT2D eigenvalue weighted by atomic mass is 10.2. The van der Waals surface area contributed by atoms with Crippen LogP contribution in [0.3, 0.4) is 0 Å². The Labute approximate surface area is 141 Å². The van der Waals surface area contributed by atoms with E-state index in [0.29, 0.717) is 5.89 Å². The maximum Gasteiger partial charge on any atom is 0.220 e. The molecule has 0 saturated heterocycles. The molecule has 0 aliphatic heterocycles. The molecule has 23 heavy (non-hydrogen) atoms. The van der Waals surface area contributed by atoms with Crippen molar-refractivity contribution < 1.29 is 8.83 Å². The van der Waals surface area contributed by atoms with Crippen molar-refractivity contribution >= 4 is 39.2 Å². The first-order valence-electron chi connectivity index (χ1n) is 7.17. The SMILES string of the molecule is Brc1ccc(-c2ccc(C=Cc3nc4ccccc4o3)o2)cc1. The van der Waals surface area contributed by atoms with Crippen LogP contribution in [-0.2, 0) is 0 Å². The molecular formula is C19H12BrNO2. The number of halogens is 1. The zero-order chi connectivity index (χ0) is 15.6. The third kappa shape index (κ3) is 2.98. The maximum atomic E-state index is 5.83. The molecule has 0 fully saturated rings. The van der Waals surface area contributed by atoms with Gasteiger partial charge in [0.2, 0.25) is 5.89 Å². The summed E-state index contributed by atoms with van der Waals surface area (Å²) in [7, 11) is 0. The molecule has 2 aromatic heterocycles. The summed E-state index contributed by atoms with van der Waals surface area (Å²) >= 11 is 3.43. The fourth-order valence-electron chi connectivity index (χ4n) is 2.33. The Morgan fingerprint density at radius 3 is 2.48 bits per heavy atom. The van der Waals surface area contributed by atoms with Crippen molar-refractivity contribution in [2.75, 3.05) is 0 Å². The first-order valence-corrected chi connectivity index (χ1v) is 7.97. The molecule has 0 radical (unpaired) electrons. The van der Waals surface area contributed by atoms with Gasteiger partial charge in [-0.2, -0.15) is 0 Å². The van der Waals surface area contributed by atoms with Crippen LogP contribution in [0.4, 0.5) is 0 Å². The van der Waals surface area contributed by atoms with Crippen molar-refractivity contribution in [3.8, 4) is 11.3 Å². The highest BCUT2D eigenvalue weighted by Gasteiger charge is 2.04. The largest absolute Gasteiger partial charge is 0.457 e. The maximum absolute atomic E-state index is 5.83. The number of oxazole rings is 1. The quantitative estimate of drug-likeness (QED) is 0.445. The van der Waals surface area contributed by atoms with Gasteiger partial charge in [-0.15, -0.1) is 0 Å². The highest BCUT2D eigenvalue weighted by atomic mass is 79.9. The fraction of sp³-hybridized carbons (Fsp3) is 0. The van der Waals surface area contributed by atoms with Gasteiger partial charge in [0.1, 0.15) is 17.0 Å². The van der Waals surface area contributed by atoms with Gasteiger partial charge in [0.15, 0.2) is 5.58 Å². The lowest BCUT2D eigenvalue weighted by Gasteiger charge is -1.96. The Bertz CT molecular complexity index is 947. The number of hydrogen-bond acceptors (Lipinski definition) is 3. The molecule has 4 rings (SSSR count). The first kappa shape index (κ1) is 14.0. The second kappa shape index (κ2) is 5.89. The van der Waals surface area contributed by atoms with Crippen LogP contribution in [0.1, 0.15) is 11.7 Å². The molecular weight excluding hydrogens is 354 g/mol. The molecule has 0 N–H and O–H groups in total. The Balaban J connectivity index is 1.58. The summed E-state index contributed by atoms with van der Waals surface area (Å²) in [6.07, 6.45) is 3.66. The summed E-state index contributed by atoms with van der Waals surface area (Å²) in [5.41, 5.74) is 2.67. The molecule has 0 bridgehead atoms. The van der Waals surface area contributed by atoms with Crippen molar-refractivity contribution in [1.29, 1.82) is 0 Å². The van der Waals surface area contributed by atoms with Gasteiger partial charge in [-0.05, 0) is 42.5 Å². The third-order valence-electron chi connectivity index (χ3n) is 3.46. The molecule has 3 nitrogen and oxygen atoms in total. The number of furan rings is 1. The number of nitrogens with zero attached hydrogens (tertiary/aromatic N) is 1. The van der Waals surface area contributed by atoms with Crippen molar-refractivity contribution in [2.45, 2.75) is 0 Å². The van der Waals surface area contributed by atoms with E-state index in [1.54, 1.807) is 0 Å². The number of rotatable bonds is 3. The summed E-state index contributed by atoms with van der Waals surface area (Å²) in [4.78, 5) is 4.40. The number of hydrogen-bond donors (Lipinski definition) is 0. The number of para-hydroxylation sites is 2. The predicted octanol–water partition coefficient (Wildman–Crippen LogP) is 6.02.